The molecule has 1 amide bonds. The molecule has 1 aliphatic carbocycles. The fourth-order valence-corrected chi connectivity index (χ4v) is 3.80. The van der Waals surface area contributed by atoms with E-state index >= 15 is 0 Å². The SMILES string of the molecule is O=C(c1ccccc1)N1CCCC[C@@H]1c1cccnc1NC1CCC1. The second-order valence-corrected chi connectivity index (χ2v) is 7.09. The van der Waals surface area contributed by atoms with Gasteiger partial charge in [0.1, 0.15) is 5.82 Å². The quantitative estimate of drug-likeness (QED) is 0.900. The summed E-state index contributed by atoms with van der Waals surface area (Å²) < 4.78 is 0. The molecule has 1 saturated carbocycles. The highest BCUT2D eigenvalue weighted by atomic mass is 16.2. The predicted molar refractivity (Wildman–Crippen MR) is 99.6 cm³/mol. The van der Waals surface area contributed by atoms with E-state index in [1.54, 1.807) is 0 Å². The summed E-state index contributed by atoms with van der Waals surface area (Å²) in [4.78, 5) is 19.7. The van der Waals surface area contributed by atoms with Crippen molar-refractivity contribution in [3.8, 4) is 0 Å². The van der Waals surface area contributed by atoms with Crippen molar-refractivity contribution in [2.75, 3.05) is 11.9 Å². The Morgan fingerprint density at radius 3 is 2.60 bits per heavy atom. The number of anilines is 1. The third kappa shape index (κ3) is 3.39. The van der Waals surface area contributed by atoms with Crippen LogP contribution in [0.15, 0.2) is 48.7 Å². The standard InChI is InChI=1S/C21H25N3O/c25-21(16-8-2-1-3-9-16)24-15-5-4-13-19(24)18-12-7-14-22-20(18)23-17-10-6-11-17/h1-3,7-9,12,14,17,19H,4-6,10-11,13,15H2,(H,22,23)/t19-/m1/s1. The number of aromatic nitrogens is 1. The first-order valence-corrected chi connectivity index (χ1v) is 9.40. The highest BCUT2D eigenvalue weighted by Gasteiger charge is 2.31. The number of likely N-dealkylation sites (tertiary alicyclic amines) is 1. The molecule has 130 valence electrons. The lowest BCUT2D eigenvalue weighted by atomic mass is 9.91. The Morgan fingerprint density at radius 1 is 1.00 bits per heavy atom. The molecule has 2 heterocycles. The number of carbonyl (C=O) groups excluding carboxylic acids is 1. The van der Waals surface area contributed by atoms with Crippen molar-refractivity contribution in [1.82, 2.24) is 9.88 Å². The monoisotopic (exact) mass is 335 g/mol. The predicted octanol–water partition coefficient (Wildman–Crippen LogP) is 4.41. The molecule has 2 fully saturated rings. The van der Waals surface area contributed by atoms with Crippen molar-refractivity contribution in [2.45, 2.75) is 50.6 Å². The van der Waals surface area contributed by atoms with Gasteiger partial charge in [0.15, 0.2) is 0 Å². The maximum atomic E-state index is 13.1. The summed E-state index contributed by atoms with van der Waals surface area (Å²) in [5.41, 5.74) is 1.94. The number of pyridine rings is 1. The Labute approximate surface area is 149 Å². The third-order valence-corrected chi connectivity index (χ3v) is 5.43. The van der Waals surface area contributed by atoms with Gasteiger partial charge in [-0.05, 0) is 56.7 Å². The maximum absolute atomic E-state index is 13.1. The van der Waals surface area contributed by atoms with E-state index in [1.807, 2.05) is 47.5 Å². The number of nitrogens with zero attached hydrogens (tertiary/aromatic N) is 2. The summed E-state index contributed by atoms with van der Waals surface area (Å²) in [6.07, 6.45) is 8.80. The number of rotatable bonds is 4. The van der Waals surface area contributed by atoms with Gasteiger partial charge in [-0.3, -0.25) is 4.79 Å². The topological polar surface area (TPSA) is 45.2 Å². The first-order chi connectivity index (χ1) is 12.3. The molecule has 0 bridgehead atoms. The number of piperidine rings is 1. The fraction of sp³-hybridized carbons (Fsp3) is 0.429. The molecule has 4 nitrogen and oxygen atoms in total. The average molecular weight is 335 g/mol. The first kappa shape index (κ1) is 16.1. The van der Waals surface area contributed by atoms with Crippen LogP contribution in [0.25, 0.3) is 0 Å². The van der Waals surface area contributed by atoms with Gasteiger partial charge < -0.3 is 10.2 Å². The summed E-state index contributed by atoms with van der Waals surface area (Å²) >= 11 is 0. The van der Waals surface area contributed by atoms with Crippen molar-refractivity contribution in [1.29, 1.82) is 0 Å². The highest BCUT2D eigenvalue weighted by molar-refractivity contribution is 5.94. The Bertz CT molecular complexity index is 727. The molecule has 1 aromatic heterocycles. The van der Waals surface area contributed by atoms with Gasteiger partial charge in [0.05, 0.1) is 6.04 Å². The number of carbonyl (C=O) groups is 1. The number of amides is 1. The van der Waals surface area contributed by atoms with Crippen LogP contribution in [0.4, 0.5) is 5.82 Å². The van der Waals surface area contributed by atoms with Gasteiger partial charge >= 0.3 is 0 Å². The van der Waals surface area contributed by atoms with Crippen LogP contribution in [0.5, 0.6) is 0 Å². The molecule has 0 spiro atoms. The average Bonchev–Trinajstić information content (AvgIpc) is 2.65. The fourth-order valence-electron chi connectivity index (χ4n) is 3.80. The van der Waals surface area contributed by atoms with E-state index in [0.717, 1.165) is 37.2 Å². The van der Waals surface area contributed by atoms with Crippen LogP contribution < -0.4 is 5.32 Å². The molecule has 25 heavy (non-hydrogen) atoms. The second kappa shape index (κ2) is 7.26. The van der Waals surface area contributed by atoms with Gasteiger partial charge in [-0.2, -0.15) is 0 Å². The minimum atomic E-state index is 0.109. The number of hydrogen-bond acceptors (Lipinski definition) is 3. The second-order valence-electron chi connectivity index (χ2n) is 7.09. The lowest BCUT2D eigenvalue weighted by Crippen LogP contribution is -2.39. The zero-order valence-corrected chi connectivity index (χ0v) is 14.5. The van der Waals surface area contributed by atoms with E-state index in [2.05, 4.69) is 16.4 Å². The molecule has 1 aromatic carbocycles. The third-order valence-electron chi connectivity index (χ3n) is 5.43. The molecule has 1 saturated heterocycles. The molecule has 1 atom stereocenters. The Hall–Kier alpha value is -2.36. The van der Waals surface area contributed by atoms with Crippen LogP contribution in [0, 0.1) is 0 Å². The van der Waals surface area contributed by atoms with Gasteiger partial charge in [-0.15, -0.1) is 0 Å². The minimum absolute atomic E-state index is 0.109. The molecular formula is C21H25N3O. The van der Waals surface area contributed by atoms with Gasteiger partial charge in [-0.25, -0.2) is 4.98 Å². The van der Waals surface area contributed by atoms with Crippen molar-refractivity contribution in [3.05, 3.63) is 59.8 Å². The molecule has 2 aliphatic rings. The maximum Gasteiger partial charge on any atom is 0.254 e. The van der Waals surface area contributed by atoms with E-state index in [0.29, 0.717) is 6.04 Å². The van der Waals surface area contributed by atoms with Crippen LogP contribution in [0.2, 0.25) is 0 Å². The molecule has 2 aromatic rings. The smallest absolute Gasteiger partial charge is 0.254 e. The van der Waals surface area contributed by atoms with E-state index in [4.69, 9.17) is 0 Å². The van der Waals surface area contributed by atoms with Crippen molar-refractivity contribution in [2.24, 2.45) is 0 Å². The Balaban J connectivity index is 1.62. The number of benzene rings is 1. The summed E-state index contributed by atoms with van der Waals surface area (Å²) in [6, 6.07) is 14.4. The normalized spacial score (nSPS) is 20.8. The molecule has 1 N–H and O–H groups in total. The number of nitrogens with one attached hydrogen (secondary N) is 1. The van der Waals surface area contributed by atoms with Gasteiger partial charge in [-0.1, -0.05) is 24.3 Å². The van der Waals surface area contributed by atoms with Crippen LogP contribution >= 0.6 is 0 Å². The van der Waals surface area contributed by atoms with E-state index in [9.17, 15) is 4.79 Å². The molecule has 4 heteroatoms. The first-order valence-electron chi connectivity index (χ1n) is 9.40. The molecule has 0 radical (unpaired) electrons. The van der Waals surface area contributed by atoms with Gasteiger partial charge in [0.2, 0.25) is 0 Å². The van der Waals surface area contributed by atoms with Crippen LogP contribution in [0.3, 0.4) is 0 Å². The molecule has 4 rings (SSSR count). The lowest BCUT2D eigenvalue weighted by Gasteiger charge is -2.37. The largest absolute Gasteiger partial charge is 0.367 e. The lowest BCUT2D eigenvalue weighted by molar-refractivity contribution is 0.0612. The van der Waals surface area contributed by atoms with E-state index in [-0.39, 0.29) is 11.9 Å². The van der Waals surface area contributed by atoms with Crippen molar-refractivity contribution < 1.29 is 4.79 Å². The van der Waals surface area contributed by atoms with E-state index in [1.165, 1.54) is 24.8 Å². The van der Waals surface area contributed by atoms with Gasteiger partial charge in [0, 0.05) is 29.9 Å². The zero-order valence-electron chi connectivity index (χ0n) is 14.5. The summed E-state index contributed by atoms with van der Waals surface area (Å²) in [5, 5.41) is 3.59. The van der Waals surface area contributed by atoms with E-state index < -0.39 is 0 Å². The Morgan fingerprint density at radius 2 is 1.84 bits per heavy atom. The summed E-state index contributed by atoms with van der Waals surface area (Å²) in [7, 11) is 0. The van der Waals surface area contributed by atoms with Crippen LogP contribution in [0.1, 0.15) is 60.5 Å². The van der Waals surface area contributed by atoms with Crippen molar-refractivity contribution >= 4 is 11.7 Å². The number of hydrogen-bond donors (Lipinski definition) is 1. The molecular weight excluding hydrogens is 310 g/mol. The highest BCUT2D eigenvalue weighted by Crippen LogP contribution is 2.36. The van der Waals surface area contributed by atoms with Crippen LogP contribution in [-0.2, 0) is 0 Å². The zero-order chi connectivity index (χ0) is 17.1. The Kier molecular flexibility index (Phi) is 4.68. The van der Waals surface area contributed by atoms with Crippen LogP contribution in [-0.4, -0.2) is 28.4 Å². The van der Waals surface area contributed by atoms with Crippen molar-refractivity contribution in [3.63, 3.8) is 0 Å². The summed E-state index contributed by atoms with van der Waals surface area (Å²) in [5.74, 6) is 1.09. The summed E-state index contributed by atoms with van der Waals surface area (Å²) in [6.45, 7) is 0.816. The molecule has 1 aliphatic heterocycles. The molecule has 0 unspecified atom stereocenters. The van der Waals surface area contributed by atoms with Gasteiger partial charge in [0.25, 0.3) is 5.91 Å². The minimum Gasteiger partial charge on any atom is -0.367 e.